The third-order valence-electron chi connectivity index (χ3n) is 2.21. The molecule has 15 heavy (non-hydrogen) atoms. The van der Waals surface area contributed by atoms with Gasteiger partial charge in [0.05, 0.1) is 22.3 Å². The highest BCUT2D eigenvalue weighted by Crippen LogP contribution is 2.22. The third-order valence-corrected chi connectivity index (χ3v) is 2.90. The van der Waals surface area contributed by atoms with Crippen LogP contribution in [0.5, 0.6) is 0 Å². The Bertz CT molecular complexity index is 590. The van der Waals surface area contributed by atoms with Crippen LogP contribution in [-0.4, -0.2) is 14.6 Å². The molecule has 0 amide bonds. The van der Waals surface area contributed by atoms with Gasteiger partial charge in [-0.15, -0.1) is 5.10 Å². The van der Waals surface area contributed by atoms with E-state index in [0.717, 1.165) is 21.5 Å². The normalized spacial score (nSPS) is 10.7. The second-order valence-corrected chi connectivity index (χ2v) is 3.96. The molecule has 0 saturated carbocycles. The molecule has 2 heterocycles. The second-order valence-electron chi connectivity index (χ2n) is 3.17. The summed E-state index contributed by atoms with van der Waals surface area (Å²) in [5.74, 6) is 0. The first kappa shape index (κ1) is 8.49. The van der Waals surface area contributed by atoms with Crippen LogP contribution in [0.4, 0.5) is 0 Å². The number of benzene rings is 1. The van der Waals surface area contributed by atoms with Crippen LogP contribution in [-0.2, 0) is 0 Å². The maximum Gasteiger partial charge on any atom is 0.0938 e. The highest BCUT2D eigenvalue weighted by molar-refractivity contribution is 7.09. The monoisotopic (exact) mass is 213 g/mol. The predicted octanol–water partition coefficient (Wildman–Crippen LogP) is 2.75. The van der Waals surface area contributed by atoms with E-state index in [1.165, 1.54) is 11.5 Å². The van der Waals surface area contributed by atoms with Gasteiger partial charge in [0.1, 0.15) is 0 Å². The van der Waals surface area contributed by atoms with E-state index < -0.39 is 0 Å². The molecule has 0 radical (unpaired) electrons. The fourth-order valence-electron chi connectivity index (χ4n) is 1.48. The molecule has 1 aromatic carbocycles. The van der Waals surface area contributed by atoms with Gasteiger partial charge in [0.15, 0.2) is 0 Å². The Morgan fingerprint density at radius 2 is 1.93 bits per heavy atom. The van der Waals surface area contributed by atoms with Crippen molar-refractivity contribution < 1.29 is 0 Å². The Balaban J connectivity index is 2.22. The molecule has 4 heteroatoms. The summed E-state index contributed by atoms with van der Waals surface area (Å²) in [4.78, 5) is 5.55. The van der Waals surface area contributed by atoms with Crippen LogP contribution < -0.4 is 0 Å². The number of rotatable bonds is 1. The predicted molar refractivity (Wildman–Crippen MR) is 60.6 cm³/mol. The Labute approximate surface area is 90.6 Å². The first-order valence-corrected chi connectivity index (χ1v) is 5.34. The Morgan fingerprint density at radius 1 is 1.00 bits per heavy atom. The number of aromatic nitrogens is 3. The Morgan fingerprint density at radius 3 is 2.80 bits per heavy atom. The van der Waals surface area contributed by atoms with Gasteiger partial charge in [-0.25, -0.2) is 4.98 Å². The van der Waals surface area contributed by atoms with E-state index in [0.29, 0.717) is 0 Å². The lowest BCUT2D eigenvalue weighted by molar-refractivity contribution is 1.16. The van der Waals surface area contributed by atoms with E-state index >= 15 is 0 Å². The van der Waals surface area contributed by atoms with Crippen molar-refractivity contribution in [2.45, 2.75) is 0 Å². The van der Waals surface area contributed by atoms with E-state index in [-0.39, 0.29) is 0 Å². The van der Waals surface area contributed by atoms with Crippen LogP contribution in [0, 0.1) is 0 Å². The summed E-state index contributed by atoms with van der Waals surface area (Å²) < 4.78 is 3.83. The van der Waals surface area contributed by atoms with E-state index in [1.54, 1.807) is 6.20 Å². The highest BCUT2D eigenvalue weighted by atomic mass is 32.1. The van der Waals surface area contributed by atoms with Crippen LogP contribution in [0.1, 0.15) is 0 Å². The molecule has 0 unspecified atom stereocenters. The number of fused-ring (bicyclic) bond motifs is 1. The topological polar surface area (TPSA) is 38.7 Å². The van der Waals surface area contributed by atoms with Gasteiger partial charge < -0.3 is 0 Å². The summed E-state index contributed by atoms with van der Waals surface area (Å²) in [7, 11) is 0. The third kappa shape index (κ3) is 1.49. The van der Waals surface area contributed by atoms with Crippen LogP contribution in [0.15, 0.2) is 42.6 Å². The van der Waals surface area contributed by atoms with E-state index in [2.05, 4.69) is 26.7 Å². The largest absolute Gasteiger partial charge is 0.247 e. The fraction of sp³-hybridized carbons (Fsp3) is 0. The van der Waals surface area contributed by atoms with Crippen molar-refractivity contribution in [3.63, 3.8) is 0 Å². The molecule has 2 aromatic heterocycles. The van der Waals surface area contributed by atoms with Crippen LogP contribution in [0.25, 0.3) is 21.5 Å². The molecule has 0 aliphatic heterocycles. The molecule has 0 fully saturated rings. The average molecular weight is 213 g/mol. The zero-order valence-electron chi connectivity index (χ0n) is 7.79. The van der Waals surface area contributed by atoms with Crippen molar-refractivity contribution in [2.24, 2.45) is 0 Å². The molecular weight excluding hydrogens is 206 g/mol. The minimum Gasteiger partial charge on any atom is -0.247 e. The number of hydrogen-bond acceptors (Lipinski definition) is 4. The lowest BCUT2D eigenvalue weighted by Crippen LogP contribution is -1.81. The van der Waals surface area contributed by atoms with Crippen molar-refractivity contribution in [1.29, 1.82) is 0 Å². The van der Waals surface area contributed by atoms with Gasteiger partial charge in [-0.05, 0) is 23.7 Å². The molecule has 0 aliphatic rings. The number of pyridine rings is 1. The molecule has 3 aromatic rings. The van der Waals surface area contributed by atoms with Crippen LogP contribution in [0.2, 0.25) is 0 Å². The highest BCUT2D eigenvalue weighted by Gasteiger charge is 2.02. The van der Waals surface area contributed by atoms with Gasteiger partial charge >= 0.3 is 0 Å². The molecule has 0 N–H and O–H groups in total. The molecule has 3 nitrogen and oxygen atoms in total. The molecule has 0 spiro atoms. The zero-order valence-corrected chi connectivity index (χ0v) is 8.61. The SMILES string of the molecule is c1ccc2nc(-c3cnns3)ccc2c1. The first-order valence-electron chi connectivity index (χ1n) is 4.57. The molecule has 0 bridgehead atoms. The van der Waals surface area contributed by atoms with Gasteiger partial charge in [0.2, 0.25) is 0 Å². The quantitative estimate of drug-likeness (QED) is 0.624. The Kier molecular flexibility index (Phi) is 1.93. The molecular formula is C11H7N3S. The van der Waals surface area contributed by atoms with Gasteiger partial charge in [-0.3, -0.25) is 0 Å². The molecule has 0 aliphatic carbocycles. The number of hydrogen-bond donors (Lipinski definition) is 0. The van der Waals surface area contributed by atoms with Crippen molar-refractivity contribution in [1.82, 2.24) is 14.6 Å². The molecule has 72 valence electrons. The van der Waals surface area contributed by atoms with E-state index in [9.17, 15) is 0 Å². The second kappa shape index (κ2) is 3.40. The van der Waals surface area contributed by atoms with Crippen LogP contribution in [0.3, 0.4) is 0 Å². The summed E-state index contributed by atoms with van der Waals surface area (Å²) in [5.41, 5.74) is 1.94. The molecule has 0 atom stereocenters. The van der Waals surface area contributed by atoms with Gasteiger partial charge in [-0.1, -0.05) is 28.8 Å². The van der Waals surface area contributed by atoms with Crippen LogP contribution >= 0.6 is 11.5 Å². The van der Waals surface area contributed by atoms with Crippen molar-refractivity contribution in [2.75, 3.05) is 0 Å². The number of para-hydroxylation sites is 1. The van der Waals surface area contributed by atoms with E-state index in [4.69, 9.17) is 0 Å². The summed E-state index contributed by atoms with van der Waals surface area (Å²) in [6.45, 7) is 0. The number of nitrogens with zero attached hydrogens (tertiary/aromatic N) is 3. The maximum absolute atomic E-state index is 4.55. The van der Waals surface area contributed by atoms with Gasteiger partial charge in [0, 0.05) is 5.39 Å². The Hall–Kier alpha value is -1.81. The lowest BCUT2D eigenvalue weighted by Gasteiger charge is -1.98. The maximum atomic E-state index is 4.55. The summed E-state index contributed by atoms with van der Waals surface area (Å²) in [6, 6.07) is 12.1. The standard InChI is InChI=1S/C11H7N3S/c1-2-4-9-8(3-1)5-6-10(13-9)11-7-12-14-15-11/h1-7H. The molecule has 3 rings (SSSR count). The first-order chi connectivity index (χ1) is 7.43. The zero-order chi connectivity index (χ0) is 10.1. The summed E-state index contributed by atoms with van der Waals surface area (Å²) >= 11 is 1.36. The minimum absolute atomic E-state index is 0.934. The minimum atomic E-state index is 0.934. The lowest BCUT2D eigenvalue weighted by atomic mass is 10.2. The van der Waals surface area contributed by atoms with Crippen molar-refractivity contribution >= 4 is 22.4 Å². The smallest absolute Gasteiger partial charge is 0.0938 e. The van der Waals surface area contributed by atoms with Crippen molar-refractivity contribution in [3.05, 3.63) is 42.6 Å². The van der Waals surface area contributed by atoms with Gasteiger partial charge in [-0.2, -0.15) is 0 Å². The summed E-state index contributed by atoms with van der Waals surface area (Å²) in [6.07, 6.45) is 1.74. The van der Waals surface area contributed by atoms with Crippen molar-refractivity contribution in [3.8, 4) is 10.6 Å². The van der Waals surface area contributed by atoms with Gasteiger partial charge in [0.25, 0.3) is 0 Å². The average Bonchev–Trinajstić information content (AvgIpc) is 2.82. The fourth-order valence-corrected chi connectivity index (χ4v) is 1.97. The van der Waals surface area contributed by atoms with E-state index in [1.807, 2.05) is 24.3 Å². The molecule has 0 saturated heterocycles. The summed E-state index contributed by atoms with van der Waals surface area (Å²) in [5, 5.41) is 4.96.